The van der Waals surface area contributed by atoms with E-state index in [2.05, 4.69) is 24.3 Å². The predicted octanol–water partition coefficient (Wildman–Crippen LogP) is 1.28. The fraction of sp³-hybridized carbons (Fsp3) is 0.455. The monoisotopic (exact) mass is 180 g/mol. The van der Waals surface area contributed by atoms with Crippen molar-refractivity contribution in [2.45, 2.75) is 25.9 Å². The van der Waals surface area contributed by atoms with E-state index in [4.69, 9.17) is 10.2 Å². The molecule has 1 atom stereocenters. The molecule has 1 aromatic carbocycles. The van der Waals surface area contributed by atoms with Gasteiger partial charge >= 0.3 is 0 Å². The summed E-state index contributed by atoms with van der Waals surface area (Å²) in [6.07, 6.45) is 0.864. The number of aliphatic hydroxyl groups is 2. The zero-order valence-corrected chi connectivity index (χ0v) is 7.90. The lowest BCUT2D eigenvalue weighted by Gasteiger charge is -2.06. The Morgan fingerprint density at radius 2 is 1.85 bits per heavy atom. The lowest BCUT2D eigenvalue weighted by molar-refractivity contribution is 0.0886. The van der Waals surface area contributed by atoms with Crippen LogP contribution in [-0.2, 0) is 6.42 Å². The van der Waals surface area contributed by atoms with Gasteiger partial charge in [-0.2, -0.15) is 0 Å². The molecule has 0 saturated heterocycles. The quantitative estimate of drug-likeness (QED) is 0.732. The molecule has 2 heteroatoms. The van der Waals surface area contributed by atoms with E-state index >= 15 is 0 Å². The van der Waals surface area contributed by atoms with Gasteiger partial charge in [-0.15, -0.1) is 0 Å². The molecule has 0 radical (unpaired) electrons. The highest BCUT2D eigenvalue weighted by molar-refractivity contribution is 5.21. The normalized spacial score (nSPS) is 12.8. The minimum absolute atomic E-state index is 0.147. The van der Waals surface area contributed by atoms with Gasteiger partial charge in [-0.1, -0.05) is 29.8 Å². The van der Waals surface area contributed by atoms with Crippen LogP contribution in [0.5, 0.6) is 0 Å². The Balaban J connectivity index is 2.41. The third-order valence-electron chi connectivity index (χ3n) is 2.10. The van der Waals surface area contributed by atoms with Crippen LogP contribution in [0.15, 0.2) is 24.3 Å². The van der Waals surface area contributed by atoms with Crippen molar-refractivity contribution in [1.29, 1.82) is 0 Å². The molecule has 1 rings (SSSR count). The minimum Gasteiger partial charge on any atom is -0.394 e. The molecule has 0 aliphatic carbocycles. The minimum atomic E-state index is -0.582. The number of rotatable bonds is 4. The molecule has 2 N–H and O–H groups in total. The summed E-state index contributed by atoms with van der Waals surface area (Å²) < 4.78 is 0. The van der Waals surface area contributed by atoms with Gasteiger partial charge in [0.25, 0.3) is 0 Å². The molecule has 0 spiro atoms. The lowest BCUT2D eigenvalue weighted by Crippen LogP contribution is -2.12. The van der Waals surface area contributed by atoms with Crippen LogP contribution in [0.4, 0.5) is 0 Å². The highest BCUT2D eigenvalue weighted by Gasteiger charge is 2.01. The molecule has 0 aliphatic rings. The molecule has 0 bridgehead atoms. The smallest absolute Gasteiger partial charge is 0.0774 e. The Morgan fingerprint density at radius 3 is 2.38 bits per heavy atom. The second-order valence-corrected chi connectivity index (χ2v) is 3.36. The van der Waals surface area contributed by atoms with Gasteiger partial charge in [0.15, 0.2) is 0 Å². The van der Waals surface area contributed by atoms with Crippen LogP contribution < -0.4 is 0 Å². The Labute approximate surface area is 78.8 Å². The third-order valence-corrected chi connectivity index (χ3v) is 2.10. The maximum atomic E-state index is 9.12. The first kappa shape index (κ1) is 10.2. The van der Waals surface area contributed by atoms with Crippen LogP contribution in [0, 0.1) is 6.92 Å². The molecule has 0 fully saturated rings. The van der Waals surface area contributed by atoms with Crippen molar-refractivity contribution in [2.75, 3.05) is 6.61 Å². The van der Waals surface area contributed by atoms with Crippen molar-refractivity contribution >= 4 is 0 Å². The molecule has 1 aromatic rings. The molecule has 0 unspecified atom stereocenters. The van der Waals surface area contributed by atoms with E-state index in [0.29, 0.717) is 6.42 Å². The van der Waals surface area contributed by atoms with Gasteiger partial charge in [0.2, 0.25) is 0 Å². The molecule has 0 aromatic heterocycles. The Morgan fingerprint density at radius 1 is 1.23 bits per heavy atom. The van der Waals surface area contributed by atoms with Crippen molar-refractivity contribution in [3.63, 3.8) is 0 Å². The first-order chi connectivity index (χ1) is 6.22. The van der Waals surface area contributed by atoms with Gasteiger partial charge in [-0.3, -0.25) is 0 Å². The molecule has 13 heavy (non-hydrogen) atoms. The molecule has 0 heterocycles. The van der Waals surface area contributed by atoms with E-state index < -0.39 is 6.10 Å². The van der Waals surface area contributed by atoms with Crippen molar-refractivity contribution in [3.8, 4) is 0 Å². The van der Waals surface area contributed by atoms with Crippen molar-refractivity contribution in [1.82, 2.24) is 0 Å². The van der Waals surface area contributed by atoms with Gasteiger partial charge in [0.1, 0.15) is 0 Å². The number of aliphatic hydroxyl groups excluding tert-OH is 2. The molecule has 72 valence electrons. The zero-order valence-electron chi connectivity index (χ0n) is 7.90. The van der Waals surface area contributed by atoms with Crippen LogP contribution in [0.1, 0.15) is 17.5 Å². The summed E-state index contributed by atoms with van der Waals surface area (Å²) in [4.78, 5) is 0. The van der Waals surface area contributed by atoms with Gasteiger partial charge in [-0.25, -0.2) is 0 Å². The molecular weight excluding hydrogens is 164 g/mol. The lowest BCUT2D eigenvalue weighted by atomic mass is 10.1. The number of hydrogen-bond donors (Lipinski definition) is 2. The van der Waals surface area contributed by atoms with Gasteiger partial charge in [0, 0.05) is 0 Å². The van der Waals surface area contributed by atoms with E-state index in [0.717, 1.165) is 6.42 Å². The molecule has 0 amide bonds. The van der Waals surface area contributed by atoms with E-state index in [1.54, 1.807) is 0 Å². The Kier molecular flexibility index (Phi) is 3.93. The fourth-order valence-corrected chi connectivity index (χ4v) is 1.18. The zero-order chi connectivity index (χ0) is 9.68. The largest absolute Gasteiger partial charge is 0.394 e. The first-order valence-corrected chi connectivity index (χ1v) is 4.57. The number of aryl methyl sites for hydroxylation is 2. The second kappa shape index (κ2) is 5.00. The van der Waals surface area contributed by atoms with E-state index in [-0.39, 0.29) is 6.61 Å². The van der Waals surface area contributed by atoms with Crippen molar-refractivity contribution in [2.24, 2.45) is 0 Å². The highest BCUT2D eigenvalue weighted by Crippen LogP contribution is 2.07. The summed E-state index contributed by atoms with van der Waals surface area (Å²) in [5.74, 6) is 0. The fourth-order valence-electron chi connectivity index (χ4n) is 1.18. The van der Waals surface area contributed by atoms with Crippen molar-refractivity contribution in [3.05, 3.63) is 35.4 Å². The van der Waals surface area contributed by atoms with Crippen LogP contribution in [0.2, 0.25) is 0 Å². The molecule has 0 aliphatic heterocycles. The highest BCUT2D eigenvalue weighted by atomic mass is 16.3. The van der Waals surface area contributed by atoms with Crippen LogP contribution in [0.25, 0.3) is 0 Å². The van der Waals surface area contributed by atoms with E-state index in [1.165, 1.54) is 11.1 Å². The van der Waals surface area contributed by atoms with Gasteiger partial charge in [-0.05, 0) is 25.3 Å². The maximum absolute atomic E-state index is 9.12. The van der Waals surface area contributed by atoms with Gasteiger partial charge in [0.05, 0.1) is 12.7 Å². The van der Waals surface area contributed by atoms with Crippen molar-refractivity contribution < 1.29 is 10.2 Å². The SMILES string of the molecule is Cc1ccc(CC[C@@H](O)CO)cc1. The summed E-state index contributed by atoms with van der Waals surface area (Å²) in [5.41, 5.74) is 2.45. The maximum Gasteiger partial charge on any atom is 0.0774 e. The van der Waals surface area contributed by atoms with Crippen LogP contribution >= 0.6 is 0 Å². The number of benzene rings is 1. The standard InChI is InChI=1S/C11H16O2/c1-9-2-4-10(5-3-9)6-7-11(13)8-12/h2-5,11-13H,6-8H2,1H3/t11-/m1/s1. The van der Waals surface area contributed by atoms with Crippen LogP contribution in [0.3, 0.4) is 0 Å². The van der Waals surface area contributed by atoms with Gasteiger partial charge < -0.3 is 10.2 Å². The van der Waals surface area contributed by atoms with E-state index in [9.17, 15) is 0 Å². The summed E-state index contributed by atoms with van der Waals surface area (Å²) in [6, 6.07) is 8.22. The molecular formula is C11H16O2. The average Bonchev–Trinajstić information content (AvgIpc) is 2.16. The Bertz CT molecular complexity index is 241. The predicted molar refractivity (Wildman–Crippen MR) is 52.6 cm³/mol. The first-order valence-electron chi connectivity index (χ1n) is 4.57. The summed E-state index contributed by atoms with van der Waals surface area (Å²) in [6.45, 7) is 1.90. The number of hydrogen-bond acceptors (Lipinski definition) is 2. The van der Waals surface area contributed by atoms with E-state index in [1.807, 2.05) is 6.92 Å². The molecule has 0 saturated carbocycles. The topological polar surface area (TPSA) is 40.5 Å². The Hall–Kier alpha value is -0.860. The third kappa shape index (κ3) is 3.57. The summed E-state index contributed by atoms with van der Waals surface area (Å²) in [7, 11) is 0. The summed E-state index contributed by atoms with van der Waals surface area (Å²) in [5, 5.41) is 17.7. The second-order valence-electron chi connectivity index (χ2n) is 3.36. The summed E-state index contributed by atoms with van der Waals surface area (Å²) >= 11 is 0. The average molecular weight is 180 g/mol. The van der Waals surface area contributed by atoms with Crippen LogP contribution in [-0.4, -0.2) is 22.9 Å². The molecule has 2 nitrogen and oxygen atoms in total.